The van der Waals surface area contributed by atoms with Gasteiger partial charge in [-0.2, -0.15) is 0 Å². The van der Waals surface area contributed by atoms with E-state index in [1.165, 1.54) is 4.90 Å². The number of ether oxygens (including phenoxy) is 1. The van der Waals surface area contributed by atoms with Gasteiger partial charge in [0.2, 0.25) is 5.91 Å². The Labute approximate surface area is 97.8 Å². The van der Waals surface area contributed by atoms with Crippen molar-refractivity contribution < 1.29 is 23.8 Å². The van der Waals surface area contributed by atoms with Crippen molar-refractivity contribution in [1.82, 2.24) is 4.90 Å². The molecule has 1 amide bonds. The van der Waals surface area contributed by atoms with Gasteiger partial charge >= 0.3 is 5.97 Å². The van der Waals surface area contributed by atoms with E-state index < -0.39 is 18.1 Å². The van der Waals surface area contributed by atoms with Gasteiger partial charge in [-0.25, -0.2) is 4.79 Å². The van der Waals surface area contributed by atoms with Crippen LogP contribution < -0.4 is 0 Å². The monoisotopic (exact) mass is 239 g/mol. The Bertz CT molecular complexity index is 452. The number of hydrogen-bond acceptors (Lipinski definition) is 4. The van der Waals surface area contributed by atoms with E-state index in [0.29, 0.717) is 11.5 Å². The van der Waals surface area contributed by atoms with E-state index in [1.807, 2.05) is 0 Å². The maximum atomic E-state index is 11.5. The highest BCUT2D eigenvalue weighted by molar-refractivity contribution is 5.82. The lowest BCUT2D eigenvalue weighted by Crippen LogP contribution is -2.49. The Morgan fingerprint density at radius 1 is 1.53 bits per heavy atom. The van der Waals surface area contributed by atoms with Crippen molar-refractivity contribution in [3.05, 3.63) is 23.7 Å². The summed E-state index contributed by atoms with van der Waals surface area (Å²) in [6, 6.07) is 2.66. The number of carbonyl (C=O) groups excluding carboxylic acids is 1. The van der Waals surface area contributed by atoms with Crippen LogP contribution >= 0.6 is 0 Å². The van der Waals surface area contributed by atoms with E-state index >= 15 is 0 Å². The molecule has 1 aliphatic heterocycles. The lowest BCUT2D eigenvalue weighted by atomic mass is 10.1. The molecule has 6 nitrogen and oxygen atoms in total. The van der Waals surface area contributed by atoms with Crippen LogP contribution in [0.3, 0.4) is 0 Å². The van der Waals surface area contributed by atoms with Crippen LogP contribution in [-0.4, -0.2) is 41.6 Å². The van der Waals surface area contributed by atoms with Gasteiger partial charge in [-0.15, -0.1) is 0 Å². The number of aliphatic carboxylic acids is 1. The average molecular weight is 239 g/mol. The quantitative estimate of drug-likeness (QED) is 0.816. The van der Waals surface area contributed by atoms with Crippen molar-refractivity contribution in [3.63, 3.8) is 0 Å². The fraction of sp³-hybridized carbons (Fsp3) is 0.455. The number of carbonyl (C=O) groups is 2. The zero-order valence-electron chi connectivity index (χ0n) is 9.54. The standard InChI is InChI=1S/C11H13NO5/c1-6-3-4-7(17-6)9-10(11(14)15)16-5-8(13)12(9)2/h3-4,9-10H,5H2,1-2H3,(H,14,15). The molecule has 1 aliphatic rings. The van der Waals surface area contributed by atoms with E-state index in [0.717, 1.165) is 0 Å². The number of rotatable bonds is 2. The molecular weight excluding hydrogens is 226 g/mol. The highest BCUT2D eigenvalue weighted by Gasteiger charge is 2.41. The summed E-state index contributed by atoms with van der Waals surface area (Å²) in [7, 11) is 1.54. The Hall–Kier alpha value is -1.82. The van der Waals surface area contributed by atoms with Crippen molar-refractivity contribution in [3.8, 4) is 0 Å². The Morgan fingerprint density at radius 3 is 2.76 bits per heavy atom. The Kier molecular flexibility index (Phi) is 2.89. The van der Waals surface area contributed by atoms with Gasteiger partial charge in [-0.3, -0.25) is 4.79 Å². The third-order valence-electron chi connectivity index (χ3n) is 2.78. The van der Waals surface area contributed by atoms with Crippen LogP contribution in [0.4, 0.5) is 0 Å². The first-order valence-corrected chi connectivity index (χ1v) is 5.17. The van der Waals surface area contributed by atoms with E-state index in [4.69, 9.17) is 14.3 Å². The number of morpholine rings is 1. The summed E-state index contributed by atoms with van der Waals surface area (Å²) in [5, 5.41) is 9.08. The summed E-state index contributed by atoms with van der Waals surface area (Å²) in [6.07, 6.45) is -1.09. The van der Waals surface area contributed by atoms with Crippen molar-refractivity contribution >= 4 is 11.9 Å². The lowest BCUT2D eigenvalue weighted by molar-refractivity contribution is -0.172. The molecular formula is C11H13NO5. The summed E-state index contributed by atoms with van der Waals surface area (Å²) in [6.45, 7) is 1.54. The van der Waals surface area contributed by atoms with Gasteiger partial charge in [0.25, 0.3) is 0 Å². The highest BCUT2D eigenvalue weighted by Crippen LogP contribution is 2.30. The molecule has 17 heavy (non-hydrogen) atoms. The van der Waals surface area contributed by atoms with Crippen LogP contribution in [0.15, 0.2) is 16.5 Å². The molecule has 1 saturated heterocycles. The Balaban J connectivity index is 2.36. The summed E-state index contributed by atoms with van der Waals surface area (Å²) in [5.41, 5.74) is 0. The predicted molar refractivity (Wildman–Crippen MR) is 56.3 cm³/mol. The minimum absolute atomic E-state index is 0.219. The maximum Gasteiger partial charge on any atom is 0.335 e. The van der Waals surface area contributed by atoms with Crippen LogP contribution in [0, 0.1) is 6.92 Å². The zero-order valence-corrected chi connectivity index (χ0v) is 9.54. The average Bonchev–Trinajstić information content (AvgIpc) is 2.68. The predicted octanol–water partition coefficient (Wildman–Crippen LogP) is 0.571. The smallest absolute Gasteiger partial charge is 0.335 e. The van der Waals surface area contributed by atoms with Crippen LogP contribution in [0.5, 0.6) is 0 Å². The second-order valence-electron chi connectivity index (χ2n) is 3.97. The van der Waals surface area contributed by atoms with E-state index in [9.17, 15) is 9.59 Å². The van der Waals surface area contributed by atoms with Crippen molar-refractivity contribution in [2.45, 2.75) is 19.1 Å². The third kappa shape index (κ3) is 2.03. The van der Waals surface area contributed by atoms with Gasteiger partial charge in [0, 0.05) is 7.05 Å². The molecule has 0 aromatic carbocycles. The minimum atomic E-state index is -1.11. The normalized spacial score (nSPS) is 25.1. The lowest BCUT2D eigenvalue weighted by Gasteiger charge is -2.35. The Morgan fingerprint density at radius 2 is 2.24 bits per heavy atom. The number of hydrogen-bond donors (Lipinski definition) is 1. The molecule has 2 atom stereocenters. The molecule has 0 bridgehead atoms. The SMILES string of the molecule is Cc1ccc(C2C(C(=O)O)OCC(=O)N2C)o1. The first-order valence-electron chi connectivity index (χ1n) is 5.17. The molecule has 1 N–H and O–H groups in total. The second kappa shape index (κ2) is 4.21. The first kappa shape index (κ1) is 11.7. The van der Waals surface area contributed by atoms with Crippen molar-refractivity contribution in [1.29, 1.82) is 0 Å². The summed E-state index contributed by atoms with van der Waals surface area (Å²) in [5.74, 6) is -0.286. The molecule has 2 heterocycles. The second-order valence-corrected chi connectivity index (χ2v) is 3.97. The molecule has 0 saturated carbocycles. The van der Waals surface area contributed by atoms with Gasteiger partial charge in [-0.05, 0) is 19.1 Å². The number of aryl methyl sites for hydroxylation is 1. The highest BCUT2D eigenvalue weighted by atomic mass is 16.5. The molecule has 6 heteroatoms. The molecule has 0 radical (unpaired) electrons. The van der Waals surface area contributed by atoms with E-state index in [1.54, 1.807) is 26.1 Å². The molecule has 2 rings (SSSR count). The van der Waals surface area contributed by atoms with E-state index in [2.05, 4.69) is 0 Å². The summed E-state index contributed by atoms with van der Waals surface area (Å²) in [4.78, 5) is 24.0. The fourth-order valence-corrected chi connectivity index (χ4v) is 1.87. The maximum absolute atomic E-state index is 11.5. The minimum Gasteiger partial charge on any atom is -0.479 e. The molecule has 1 aromatic heterocycles. The van der Waals surface area contributed by atoms with Crippen LogP contribution in [-0.2, 0) is 14.3 Å². The summed E-state index contributed by atoms with van der Waals surface area (Å²) < 4.78 is 10.4. The molecule has 92 valence electrons. The number of nitrogens with zero attached hydrogens (tertiary/aromatic N) is 1. The van der Waals surface area contributed by atoms with E-state index in [-0.39, 0.29) is 12.5 Å². The molecule has 0 aliphatic carbocycles. The number of carboxylic acids is 1. The summed E-state index contributed by atoms with van der Waals surface area (Å²) >= 11 is 0. The van der Waals surface area contributed by atoms with Gasteiger partial charge in [0.1, 0.15) is 24.2 Å². The van der Waals surface area contributed by atoms with Crippen molar-refractivity contribution in [2.75, 3.05) is 13.7 Å². The van der Waals surface area contributed by atoms with Crippen molar-refractivity contribution in [2.24, 2.45) is 0 Å². The number of carboxylic acid groups (broad SMARTS) is 1. The first-order chi connectivity index (χ1) is 8.00. The van der Waals surface area contributed by atoms with Gasteiger partial charge in [0.05, 0.1) is 0 Å². The van der Waals surface area contributed by atoms with Crippen LogP contribution in [0.2, 0.25) is 0 Å². The third-order valence-corrected chi connectivity index (χ3v) is 2.78. The molecule has 2 unspecified atom stereocenters. The molecule has 1 fully saturated rings. The number of amides is 1. The fourth-order valence-electron chi connectivity index (χ4n) is 1.87. The largest absolute Gasteiger partial charge is 0.479 e. The van der Waals surface area contributed by atoms with Gasteiger partial charge in [-0.1, -0.05) is 0 Å². The molecule has 0 spiro atoms. The zero-order chi connectivity index (χ0) is 12.6. The van der Waals surface area contributed by atoms with Gasteiger partial charge in [0.15, 0.2) is 6.10 Å². The molecule has 1 aromatic rings. The van der Waals surface area contributed by atoms with Crippen LogP contribution in [0.1, 0.15) is 17.6 Å². The topological polar surface area (TPSA) is 80.0 Å². The number of furan rings is 1. The number of likely N-dealkylation sites (N-methyl/N-ethyl adjacent to an activating group) is 1. The van der Waals surface area contributed by atoms with Crippen LogP contribution in [0.25, 0.3) is 0 Å². The van der Waals surface area contributed by atoms with Gasteiger partial charge < -0.3 is 19.2 Å².